The molecule has 0 aliphatic carbocycles. The van der Waals surface area contributed by atoms with E-state index in [4.69, 9.17) is 16.7 Å². The van der Waals surface area contributed by atoms with Gasteiger partial charge in [-0.3, -0.25) is 0 Å². The van der Waals surface area contributed by atoms with Crippen molar-refractivity contribution in [3.8, 4) is 0 Å². The topological polar surface area (TPSA) is 36.0 Å². The minimum atomic E-state index is -0.413. The fraction of sp³-hybridized carbons (Fsp3) is 0.273. The normalized spacial score (nSPS) is 11.1. The fourth-order valence-electron chi connectivity index (χ4n) is 1.67. The number of hydrogen-bond donors (Lipinski definition) is 2. The third-order valence-corrected chi connectivity index (χ3v) is 2.73. The van der Waals surface area contributed by atoms with Gasteiger partial charge in [-0.15, -0.1) is 0 Å². The summed E-state index contributed by atoms with van der Waals surface area (Å²) in [5.74, 6) is -0.413. The first-order chi connectivity index (χ1) is 7.24. The highest BCUT2D eigenvalue weighted by Crippen LogP contribution is 2.26. The number of hydrogen-bond acceptors (Lipinski definition) is 1. The molecule has 0 spiro atoms. The summed E-state index contributed by atoms with van der Waals surface area (Å²) in [5.41, 5.74) is 1.45. The van der Waals surface area contributed by atoms with Crippen molar-refractivity contribution in [1.29, 1.82) is 0 Å². The minimum Gasteiger partial charge on any atom is -0.396 e. The molecule has 0 unspecified atom stereocenters. The van der Waals surface area contributed by atoms with Crippen molar-refractivity contribution in [2.45, 2.75) is 12.8 Å². The molecule has 2 rings (SSSR count). The average molecular weight is 228 g/mol. The summed E-state index contributed by atoms with van der Waals surface area (Å²) in [5, 5.41) is 9.69. The first-order valence-electron chi connectivity index (χ1n) is 4.79. The van der Waals surface area contributed by atoms with E-state index < -0.39 is 5.82 Å². The molecule has 15 heavy (non-hydrogen) atoms. The summed E-state index contributed by atoms with van der Waals surface area (Å²) in [6.07, 6.45) is 3.18. The molecular weight excluding hydrogens is 217 g/mol. The van der Waals surface area contributed by atoms with Crippen molar-refractivity contribution in [2.75, 3.05) is 6.61 Å². The number of fused-ring (bicyclic) bond motifs is 1. The maximum absolute atomic E-state index is 13.5. The van der Waals surface area contributed by atoms with Crippen molar-refractivity contribution in [2.24, 2.45) is 0 Å². The summed E-state index contributed by atoms with van der Waals surface area (Å²) in [6, 6.07) is 3.35. The maximum atomic E-state index is 13.5. The lowest BCUT2D eigenvalue weighted by atomic mass is 10.1. The standard InChI is InChI=1S/C11H11ClFNO/c12-9-4-3-8-7(2-1-5-15)6-14-11(8)10(9)13/h3-4,6,14-15H,1-2,5H2. The largest absolute Gasteiger partial charge is 0.396 e. The van der Waals surface area contributed by atoms with Crippen molar-refractivity contribution in [1.82, 2.24) is 4.98 Å². The van der Waals surface area contributed by atoms with Crippen LogP contribution < -0.4 is 0 Å². The number of aliphatic hydroxyl groups excluding tert-OH is 1. The molecule has 0 bridgehead atoms. The third-order valence-electron chi connectivity index (χ3n) is 2.44. The Morgan fingerprint density at radius 2 is 2.20 bits per heavy atom. The van der Waals surface area contributed by atoms with E-state index in [0.717, 1.165) is 17.4 Å². The van der Waals surface area contributed by atoms with Crippen LogP contribution in [-0.2, 0) is 6.42 Å². The zero-order valence-corrected chi connectivity index (χ0v) is 8.81. The van der Waals surface area contributed by atoms with Gasteiger partial charge in [0.15, 0.2) is 5.82 Å². The molecule has 1 aromatic heterocycles. The van der Waals surface area contributed by atoms with Crippen LogP contribution in [0.25, 0.3) is 10.9 Å². The Morgan fingerprint density at radius 3 is 2.93 bits per heavy atom. The van der Waals surface area contributed by atoms with Crippen LogP contribution in [0.3, 0.4) is 0 Å². The molecule has 0 atom stereocenters. The van der Waals surface area contributed by atoms with Gasteiger partial charge in [-0.2, -0.15) is 0 Å². The number of benzene rings is 1. The molecule has 0 saturated heterocycles. The van der Waals surface area contributed by atoms with Crippen LogP contribution in [-0.4, -0.2) is 16.7 Å². The lowest BCUT2D eigenvalue weighted by Gasteiger charge is -1.98. The molecule has 0 radical (unpaired) electrons. The molecule has 2 N–H and O–H groups in total. The molecule has 0 amide bonds. The molecule has 1 aromatic carbocycles. The number of aliphatic hydroxyl groups is 1. The van der Waals surface area contributed by atoms with E-state index in [-0.39, 0.29) is 11.6 Å². The Bertz CT molecular complexity index is 481. The second-order valence-electron chi connectivity index (χ2n) is 3.43. The van der Waals surface area contributed by atoms with Crippen LogP contribution in [0.4, 0.5) is 4.39 Å². The number of aromatic amines is 1. The van der Waals surface area contributed by atoms with Gasteiger partial charge in [0.1, 0.15) is 0 Å². The summed E-state index contributed by atoms with van der Waals surface area (Å²) in [6.45, 7) is 0.142. The highest BCUT2D eigenvalue weighted by atomic mass is 35.5. The van der Waals surface area contributed by atoms with E-state index in [9.17, 15) is 4.39 Å². The Hall–Kier alpha value is -1.06. The molecule has 2 nitrogen and oxygen atoms in total. The van der Waals surface area contributed by atoms with Crippen LogP contribution in [0.2, 0.25) is 5.02 Å². The zero-order chi connectivity index (χ0) is 10.8. The molecule has 2 aromatic rings. The van der Waals surface area contributed by atoms with E-state index in [2.05, 4.69) is 4.98 Å². The molecule has 0 saturated carbocycles. The molecule has 80 valence electrons. The van der Waals surface area contributed by atoms with Gasteiger partial charge in [0.25, 0.3) is 0 Å². The van der Waals surface area contributed by atoms with Crippen molar-refractivity contribution < 1.29 is 9.50 Å². The van der Waals surface area contributed by atoms with Crippen LogP contribution in [0, 0.1) is 5.82 Å². The van der Waals surface area contributed by atoms with Gasteiger partial charge in [0.2, 0.25) is 0 Å². The van der Waals surface area contributed by atoms with Gasteiger partial charge >= 0.3 is 0 Å². The second-order valence-corrected chi connectivity index (χ2v) is 3.83. The Balaban J connectivity index is 2.47. The number of H-pyrrole nitrogens is 1. The van der Waals surface area contributed by atoms with Crippen LogP contribution in [0.1, 0.15) is 12.0 Å². The predicted molar refractivity (Wildman–Crippen MR) is 58.7 cm³/mol. The summed E-state index contributed by atoms with van der Waals surface area (Å²) in [4.78, 5) is 2.87. The van der Waals surface area contributed by atoms with Gasteiger partial charge in [-0.1, -0.05) is 17.7 Å². The van der Waals surface area contributed by atoms with Crippen molar-refractivity contribution in [3.05, 3.63) is 34.7 Å². The summed E-state index contributed by atoms with van der Waals surface area (Å²) >= 11 is 5.67. The summed E-state index contributed by atoms with van der Waals surface area (Å²) in [7, 11) is 0. The highest BCUT2D eigenvalue weighted by molar-refractivity contribution is 6.31. The van der Waals surface area contributed by atoms with Gasteiger partial charge in [0, 0.05) is 18.2 Å². The SMILES string of the molecule is OCCCc1c[nH]c2c(F)c(Cl)ccc12. The van der Waals surface area contributed by atoms with E-state index in [1.807, 2.05) is 0 Å². The molecule has 1 heterocycles. The highest BCUT2D eigenvalue weighted by Gasteiger charge is 2.10. The number of rotatable bonds is 3. The number of aryl methyl sites for hydroxylation is 1. The first kappa shape index (κ1) is 10.5. The van der Waals surface area contributed by atoms with E-state index in [0.29, 0.717) is 11.9 Å². The lowest BCUT2D eigenvalue weighted by Crippen LogP contribution is -1.88. The Labute approximate surface area is 91.7 Å². The van der Waals surface area contributed by atoms with E-state index in [1.54, 1.807) is 18.3 Å². The van der Waals surface area contributed by atoms with Crippen molar-refractivity contribution in [3.63, 3.8) is 0 Å². The maximum Gasteiger partial charge on any atom is 0.165 e. The van der Waals surface area contributed by atoms with Crippen molar-refractivity contribution >= 4 is 22.5 Å². The Morgan fingerprint density at radius 1 is 1.40 bits per heavy atom. The molecule has 0 aliphatic heterocycles. The summed E-state index contributed by atoms with van der Waals surface area (Å²) < 4.78 is 13.5. The van der Waals surface area contributed by atoms with Gasteiger partial charge in [-0.25, -0.2) is 4.39 Å². The van der Waals surface area contributed by atoms with Crippen LogP contribution in [0.5, 0.6) is 0 Å². The van der Waals surface area contributed by atoms with Crippen LogP contribution >= 0.6 is 11.6 Å². The van der Waals surface area contributed by atoms with Gasteiger partial charge < -0.3 is 10.1 Å². The number of aromatic nitrogens is 1. The van der Waals surface area contributed by atoms with Crippen LogP contribution in [0.15, 0.2) is 18.3 Å². The predicted octanol–water partition coefficient (Wildman–Crippen LogP) is 2.89. The lowest BCUT2D eigenvalue weighted by molar-refractivity contribution is 0.289. The van der Waals surface area contributed by atoms with Gasteiger partial charge in [-0.05, 0) is 24.5 Å². The van der Waals surface area contributed by atoms with Gasteiger partial charge in [0.05, 0.1) is 10.5 Å². The first-order valence-corrected chi connectivity index (χ1v) is 5.16. The fourth-order valence-corrected chi connectivity index (χ4v) is 1.83. The monoisotopic (exact) mass is 227 g/mol. The molecular formula is C11H11ClFNO. The van der Waals surface area contributed by atoms with E-state index >= 15 is 0 Å². The number of nitrogens with one attached hydrogen (secondary N) is 1. The molecule has 0 aliphatic rings. The quantitative estimate of drug-likeness (QED) is 0.831. The molecule has 4 heteroatoms. The minimum absolute atomic E-state index is 0.123. The smallest absolute Gasteiger partial charge is 0.165 e. The average Bonchev–Trinajstić information content (AvgIpc) is 2.64. The van der Waals surface area contributed by atoms with E-state index in [1.165, 1.54) is 0 Å². The second kappa shape index (κ2) is 4.21. The zero-order valence-electron chi connectivity index (χ0n) is 8.06. The number of halogens is 2. The molecule has 0 fully saturated rings. The Kier molecular flexibility index (Phi) is 2.93. The third kappa shape index (κ3) is 1.85.